The zero-order valence-corrected chi connectivity index (χ0v) is 14.4. The Kier molecular flexibility index (Phi) is 5.72. The van der Waals surface area contributed by atoms with Crippen molar-refractivity contribution in [3.05, 3.63) is 29.8 Å². The minimum atomic E-state index is -0.0471. The highest BCUT2D eigenvalue weighted by molar-refractivity contribution is 5.98. The molecule has 25 heavy (non-hydrogen) atoms. The molecule has 0 spiro atoms. The molecule has 132 valence electrons. The number of benzene rings is 1. The number of hydrogen-bond donors (Lipinski definition) is 0. The van der Waals surface area contributed by atoms with Crippen molar-refractivity contribution in [2.45, 2.75) is 25.7 Å². The summed E-state index contributed by atoms with van der Waals surface area (Å²) in [6, 6.07) is 7.27. The Hall–Kier alpha value is -2.32. The van der Waals surface area contributed by atoms with Gasteiger partial charge in [-0.3, -0.25) is 9.59 Å². The topological polar surface area (TPSA) is 49.9 Å². The van der Waals surface area contributed by atoms with E-state index in [0.29, 0.717) is 49.9 Å². The van der Waals surface area contributed by atoms with Crippen LogP contribution in [0, 0.1) is 18.3 Å². The molecule has 1 saturated carbocycles. The average molecular weight is 340 g/mol. The number of anilines is 1. The predicted octanol–water partition coefficient (Wildman–Crippen LogP) is 2.05. The smallest absolute Gasteiger partial charge is 0.242 e. The Morgan fingerprint density at radius 3 is 2.72 bits per heavy atom. The van der Waals surface area contributed by atoms with Crippen LogP contribution in [-0.2, 0) is 14.3 Å². The lowest BCUT2D eigenvalue weighted by Gasteiger charge is -2.30. The number of hydrogen-bond acceptors (Lipinski definition) is 3. The molecule has 1 aromatic carbocycles. The highest BCUT2D eigenvalue weighted by atomic mass is 16.5. The Bertz CT molecular complexity index is 670. The molecule has 2 aliphatic rings. The number of nitrogens with zero attached hydrogens (tertiary/aromatic N) is 2. The van der Waals surface area contributed by atoms with E-state index in [4.69, 9.17) is 11.2 Å². The van der Waals surface area contributed by atoms with Gasteiger partial charge in [0.05, 0.1) is 13.2 Å². The summed E-state index contributed by atoms with van der Waals surface area (Å²) in [6.45, 7) is 2.31. The van der Waals surface area contributed by atoms with Gasteiger partial charge in [-0.25, -0.2) is 0 Å². The molecular formula is C20H24N2O3. The Labute approximate surface area is 148 Å². The van der Waals surface area contributed by atoms with Gasteiger partial charge in [0.2, 0.25) is 11.8 Å². The number of rotatable bonds is 6. The first kappa shape index (κ1) is 17.5. The molecule has 1 aromatic rings. The summed E-state index contributed by atoms with van der Waals surface area (Å²) in [5, 5.41) is 0. The van der Waals surface area contributed by atoms with Crippen LogP contribution in [-0.4, -0.2) is 49.6 Å². The van der Waals surface area contributed by atoms with Gasteiger partial charge in [-0.1, -0.05) is 24.8 Å². The van der Waals surface area contributed by atoms with Crippen LogP contribution in [0.5, 0.6) is 0 Å². The van der Waals surface area contributed by atoms with Crippen LogP contribution >= 0.6 is 0 Å². The van der Waals surface area contributed by atoms with Gasteiger partial charge in [0.1, 0.15) is 6.54 Å². The quantitative estimate of drug-likeness (QED) is 0.745. The number of morpholine rings is 1. The highest BCUT2D eigenvalue weighted by Crippen LogP contribution is 2.34. The summed E-state index contributed by atoms with van der Waals surface area (Å²) in [5.74, 6) is 3.21. The standard InChI is InChI=1S/C20H24N2O3/c1-2-16-4-3-5-18(14-16)22(19(23)9-8-17-6-7-17)15-20(24)21-10-12-25-13-11-21/h1,3-5,14,17H,6-13,15H2. The van der Waals surface area contributed by atoms with E-state index in [0.717, 1.165) is 6.42 Å². The molecule has 0 aromatic heterocycles. The zero-order valence-electron chi connectivity index (χ0n) is 14.4. The van der Waals surface area contributed by atoms with Crippen LogP contribution in [0.4, 0.5) is 5.69 Å². The van der Waals surface area contributed by atoms with Crippen LogP contribution in [0.2, 0.25) is 0 Å². The third kappa shape index (κ3) is 4.83. The van der Waals surface area contributed by atoms with Crippen LogP contribution < -0.4 is 4.90 Å². The molecular weight excluding hydrogens is 316 g/mol. The fourth-order valence-corrected chi connectivity index (χ4v) is 3.00. The molecule has 2 fully saturated rings. The number of terminal acetylenes is 1. The number of amides is 2. The SMILES string of the molecule is C#Cc1cccc(N(CC(=O)N2CCOCC2)C(=O)CCC2CC2)c1. The normalized spacial score (nSPS) is 17.0. The predicted molar refractivity (Wildman–Crippen MR) is 96.1 cm³/mol. The second-order valence-electron chi connectivity index (χ2n) is 6.65. The molecule has 1 heterocycles. The summed E-state index contributed by atoms with van der Waals surface area (Å²) in [4.78, 5) is 28.7. The van der Waals surface area contributed by atoms with Gasteiger partial charge < -0.3 is 14.5 Å². The van der Waals surface area contributed by atoms with E-state index < -0.39 is 0 Å². The maximum Gasteiger partial charge on any atom is 0.242 e. The van der Waals surface area contributed by atoms with E-state index in [9.17, 15) is 9.59 Å². The first-order valence-electron chi connectivity index (χ1n) is 8.90. The lowest BCUT2D eigenvalue weighted by molar-refractivity contribution is -0.135. The second kappa shape index (κ2) is 8.17. The van der Waals surface area contributed by atoms with Crippen molar-refractivity contribution >= 4 is 17.5 Å². The molecule has 0 N–H and O–H groups in total. The summed E-state index contributed by atoms with van der Waals surface area (Å²) in [5.41, 5.74) is 1.40. The minimum Gasteiger partial charge on any atom is -0.378 e. The van der Waals surface area contributed by atoms with E-state index in [1.807, 2.05) is 18.2 Å². The molecule has 0 bridgehead atoms. The molecule has 2 amide bonds. The van der Waals surface area contributed by atoms with Gasteiger partial charge in [-0.05, 0) is 30.5 Å². The molecule has 5 heteroatoms. The van der Waals surface area contributed by atoms with Gasteiger partial charge >= 0.3 is 0 Å². The van der Waals surface area contributed by atoms with E-state index in [-0.39, 0.29) is 18.4 Å². The van der Waals surface area contributed by atoms with Crippen molar-refractivity contribution in [1.82, 2.24) is 4.90 Å². The molecule has 1 saturated heterocycles. The fraction of sp³-hybridized carbons (Fsp3) is 0.500. The van der Waals surface area contributed by atoms with Crippen molar-refractivity contribution in [2.75, 3.05) is 37.7 Å². The van der Waals surface area contributed by atoms with Crippen LogP contribution in [0.1, 0.15) is 31.2 Å². The third-order valence-electron chi connectivity index (χ3n) is 4.75. The monoisotopic (exact) mass is 340 g/mol. The first-order valence-corrected chi connectivity index (χ1v) is 8.90. The van der Waals surface area contributed by atoms with E-state index in [2.05, 4.69) is 5.92 Å². The van der Waals surface area contributed by atoms with E-state index in [1.54, 1.807) is 15.9 Å². The van der Waals surface area contributed by atoms with Crippen LogP contribution in [0.15, 0.2) is 24.3 Å². The Balaban J connectivity index is 1.73. The molecule has 0 unspecified atom stereocenters. The van der Waals surface area contributed by atoms with Crippen molar-refractivity contribution < 1.29 is 14.3 Å². The molecule has 1 aliphatic carbocycles. The maximum absolute atomic E-state index is 12.8. The molecule has 0 atom stereocenters. The van der Waals surface area contributed by atoms with Crippen molar-refractivity contribution in [3.8, 4) is 12.3 Å². The molecule has 0 radical (unpaired) electrons. The summed E-state index contributed by atoms with van der Waals surface area (Å²) in [7, 11) is 0. The lowest BCUT2D eigenvalue weighted by Crippen LogP contribution is -2.47. The molecule has 5 nitrogen and oxygen atoms in total. The van der Waals surface area contributed by atoms with Gasteiger partial charge in [0.15, 0.2) is 0 Å². The lowest BCUT2D eigenvalue weighted by atomic mass is 10.1. The van der Waals surface area contributed by atoms with E-state index in [1.165, 1.54) is 12.8 Å². The average Bonchev–Trinajstić information content (AvgIpc) is 3.49. The van der Waals surface area contributed by atoms with E-state index >= 15 is 0 Å². The summed E-state index contributed by atoms with van der Waals surface area (Å²) < 4.78 is 5.29. The second-order valence-corrected chi connectivity index (χ2v) is 6.65. The molecule has 3 rings (SSSR count). The third-order valence-corrected chi connectivity index (χ3v) is 4.75. The highest BCUT2D eigenvalue weighted by Gasteiger charge is 2.27. The largest absolute Gasteiger partial charge is 0.378 e. The van der Waals surface area contributed by atoms with Crippen molar-refractivity contribution in [1.29, 1.82) is 0 Å². The Morgan fingerprint density at radius 2 is 2.04 bits per heavy atom. The Morgan fingerprint density at radius 1 is 1.28 bits per heavy atom. The first-order chi connectivity index (χ1) is 12.2. The summed E-state index contributed by atoms with van der Waals surface area (Å²) in [6.07, 6.45) is 9.28. The van der Waals surface area contributed by atoms with Gasteiger partial charge in [-0.15, -0.1) is 6.42 Å². The van der Waals surface area contributed by atoms with Gasteiger partial charge in [-0.2, -0.15) is 0 Å². The fourth-order valence-electron chi connectivity index (χ4n) is 3.00. The van der Waals surface area contributed by atoms with Gasteiger partial charge in [0, 0.05) is 30.8 Å². The minimum absolute atomic E-state index is 0.0114. The number of ether oxygens (including phenoxy) is 1. The number of carbonyl (C=O) groups excluding carboxylic acids is 2. The zero-order chi connectivity index (χ0) is 17.6. The van der Waals surface area contributed by atoms with Gasteiger partial charge in [0.25, 0.3) is 0 Å². The van der Waals surface area contributed by atoms with Crippen molar-refractivity contribution in [2.24, 2.45) is 5.92 Å². The number of carbonyl (C=O) groups is 2. The van der Waals surface area contributed by atoms with Crippen molar-refractivity contribution in [3.63, 3.8) is 0 Å². The maximum atomic E-state index is 12.8. The van der Waals surface area contributed by atoms with Crippen LogP contribution in [0.25, 0.3) is 0 Å². The summed E-state index contributed by atoms with van der Waals surface area (Å²) >= 11 is 0. The molecule has 1 aliphatic heterocycles. The van der Waals surface area contributed by atoms with Crippen LogP contribution in [0.3, 0.4) is 0 Å².